The lowest BCUT2D eigenvalue weighted by Crippen LogP contribution is -2.46. The Morgan fingerprint density at radius 2 is 1.81 bits per heavy atom. The fourth-order valence-corrected chi connectivity index (χ4v) is 3.31. The van der Waals surface area contributed by atoms with Gasteiger partial charge in [0.25, 0.3) is 0 Å². The molecule has 1 saturated heterocycles. The summed E-state index contributed by atoms with van der Waals surface area (Å²) in [6, 6.07) is 9.49. The van der Waals surface area contributed by atoms with Crippen molar-refractivity contribution in [1.82, 2.24) is 9.97 Å². The minimum absolute atomic E-state index is 0.0121. The minimum Gasteiger partial charge on any atom is -0.462 e. The van der Waals surface area contributed by atoms with Crippen molar-refractivity contribution < 1.29 is 14.3 Å². The van der Waals surface area contributed by atoms with E-state index in [2.05, 4.69) is 11.1 Å². The van der Waals surface area contributed by atoms with Gasteiger partial charge in [0, 0.05) is 13.1 Å². The molecule has 0 amide bonds. The summed E-state index contributed by atoms with van der Waals surface area (Å²) in [6.07, 6.45) is -0.287. The van der Waals surface area contributed by atoms with Crippen LogP contribution < -0.4 is 4.90 Å². The van der Waals surface area contributed by atoms with Gasteiger partial charge in [0.15, 0.2) is 11.7 Å². The quantitative estimate of drug-likeness (QED) is 0.767. The topological polar surface area (TPSA) is 88.3 Å². The average Bonchev–Trinajstić information content (AvgIpc) is 2.60. The predicted octanol–water partition coefficient (Wildman–Crippen LogP) is 2.80. The maximum atomic E-state index is 12.5. The molecular weight excluding hydrogens is 344 g/mol. The Morgan fingerprint density at radius 3 is 2.37 bits per heavy atom. The van der Waals surface area contributed by atoms with Crippen LogP contribution in [0.4, 0.5) is 5.82 Å². The summed E-state index contributed by atoms with van der Waals surface area (Å²) in [5, 5.41) is 9.70. The van der Waals surface area contributed by atoms with E-state index in [1.54, 1.807) is 13.8 Å². The highest BCUT2D eigenvalue weighted by atomic mass is 16.5. The Bertz CT molecular complexity index is 867. The lowest BCUT2D eigenvalue weighted by atomic mass is 10.1. The van der Waals surface area contributed by atoms with Gasteiger partial charge in [0.2, 0.25) is 0 Å². The molecule has 0 saturated carbocycles. The van der Waals surface area contributed by atoms with Gasteiger partial charge in [-0.2, -0.15) is 5.26 Å². The number of rotatable bonds is 4. The number of aromatic nitrogens is 2. The second kappa shape index (κ2) is 7.89. The molecule has 7 heteroatoms. The van der Waals surface area contributed by atoms with E-state index < -0.39 is 11.9 Å². The Balaban J connectivity index is 2.11. The number of hydrogen-bond acceptors (Lipinski definition) is 7. The highest BCUT2D eigenvalue weighted by Gasteiger charge is 2.33. The van der Waals surface area contributed by atoms with E-state index in [4.69, 9.17) is 14.5 Å². The maximum absolute atomic E-state index is 12.5. The lowest BCUT2D eigenvalue weighted by molar-refractivity contribution is -0.147. The highest BCUT2D eigenvalue weighted by Crippen LogP contribution is 2.30. The van der Waals surface area contributed by atoms with Crippen molar-refractivity contribution in [2.45, 2.75) is 51.9 Å². The summed E-state index contributed by atoms with van der Waals surface area (Å²) in [4.78, 5) is 24.0. The van der Waals surface area contributed by atoms with Crippen molar-refractivity contribution in [3.05, 3.63) is 30.0 Å². The molecule has 3 atom stereocenters. The molecule has 0 spiro atoms. The van der Waals surface area contributed by atoms with Gasteiger partial charge in [0.1, 0.15) is 5.69 Å². The third kappa shape index (κ3) is 4.17. The number of esters is 1. The van der Waals surface area contributed by atoms with Gasteiger partial charge >= 0.3 is 5.97 Å². The fourth-order valence-electron chi connectivity index (χ4n) is 3.31. The van der Waals surface area contributed by atoms with Crippen LogP contribution in [0.1, 0.15) is 39.3 Å². The molecule has 1 fully saturated rings. The molecule has 1 aromatic heterocycles. The number of anilines is 1. The van der Waals surface area contributed by atoms with Crippen LogP contribution in [0, 0.1) is 11.3 Å². The number of morpholine rings is 1. The van der Waals surface area contributed by atoms with E-state index in [0.717, 1.165) is 5.52 Å². The maximum Gasteiger partial charge on any atom is 0.329 e. The van der Waals surface area contributed by atoms with Crippen LogP contribution in [0.15, 0.2) is 24.3 Å². The van der Waals surface area contributed by atoms with E-state index >= 15 is 0 Å². The van der Waals surface area contributed by atoms with E-state index in [1.165, 1.54) is 0 Å². The second-order valence-corrected chi connectivity index (χ2v) is 7.13. The van der Waals surface area contributed by atoms with Crippen LogP contribution in [-0.4, -0.2) is 47.3 Å². The first-order valence-corrected chi connectivity index (χ1v) is 9.16. The van der Waals surface area contributed by atoms with Gasteiger partial charge in [-0.1, -0.05) is 12.1 Å². The summed E-state index contributed by atoms with van der Waals surface area (Å²) >= 11 is 0. The molecule has 2 heterocycles. The van der Waals surface area contributed by atoms with Gasteiger partial charge in [-0.05, 0) is 39.8 Å². The number of nitriles is 1. The van der Waals surface area contributed by atoms with Crippen molar-refractivity contribution in [3.63, 3.8) is 0 Å². The van der Waals surface area contributed by atoms with Crippen molar-refractivity contribution >= 4 is 22.8 Å². The molecule has 27 heavy (non-hydrogen) atoms. The molecule has 0 radical (unpaired) electrons. The van der Waals surface area contributed by atoms with Gasteiger partial charge in [-0.3, -0.25) is 4.79 Å². The van der Waals surface area contributed by atoms with Crippen molar-refractivity contribution in [3.8, 4) is 6.07 Å². The van der Waals surface area contributed by atoms with Crippen LogP contribution in [-0.2, 0) is 14.3 Å². The van der Waals surface area contributed by atoms with Crippen molar-refractivity contribution in [1.29, 1.82) is 5.26 Å². The van der Waals surface area contributed by atoms with Gasteiger partial charge in [0.05, 0.1) is 35.4 Å². The first-order valence-electron chi connectivity index (χ1n) is 9.16. The molecule has 2 aromatic rings. The second-order valence-electron chi connectivity index (χ2n) is 7.13. The number of fused-ring (bicyclic) bond motifs is 1. The van der Waals surface area contributed by atoms with Crippen LogP contribution in [0.2, 0.25) is 0 Å². The van der Waals surface area contributed by atoms with E-state index in [9.17, 15) is 10.1 Å². The zero-order valence-electron chi connectivity index (χ0n) is 16.0. The average molecular weight is 368 g/mol. The SMILES string of the molecule is CC(C)OC(=O)[C@H](C#N)c1nc2ccccc2nc1N1C[C@@H](C)O[C@@H](C)C1. The van der Waals surface area contributed by atoms with E-state index in [1.807, 2.05) is 43.0 Å². The van der Waals surface area contributed by atoms with E-state index in [0.29, 0.717) is 30.1 Å². The molecule has 7 nitrogen and oxygen atoms in total. The molecule has 1 aromatic carbocycles. The molecule has 0 bridgehead atoms. The molecule has 0 aliphatic carbocycles. The van der Waals surface area contributed by atoms with Crippen molar-refractivity contribution in [2.75, 3.05) is 18.0 Å². The first-order chi connectivity index (χ1) is 12.9. The number of carbonyl (C=O) groups is 1. The molecule has 1 aliphatic rings. The Labute approximate surface area is 158 Å². The number of benzene rings is 1. The monoisotopic (exact) mass is 368 g/mol. The highest BCUT2D eigenvalue weighted by molar-refractivity contribution is 5.85. The van der Waals surface area contributed by atoms with Crippen LogP contribution in [0.3, 0.4) is 0 Å². The number of para-hydroxylation sites is 2. The molecular formula is C20H24N4O3. The van der Waals surface area contributed by atoms with Crippen LogP contribution >= 0.6 is 0 Å². The summed E-state index contributed by atoms with van der Waals surface area (Å²) in [6.45, 7) is 8.72. The van der Waals surface area contributed by atoms with E-state index in [-0.39, 0.29) is 18.3 Å². The lowest BCUT2D eigenvalue weighted by Gasteiger charge is -2.37. The zero-order chi connectivity index (χ0) is 19.6. The summed E-state index contributed by atoms with van der Waals surface area (Å²) < 4.78 is 11.1. The summed E-state index contributed by atoms with van der Waals surface area (Å²) in [5.74, 6) is -1.19. The Morgan fingerprint density at radius 1 is 1.22 bits per heavy atom. The van der Waals surface area contributed by atoms with Crippen LogP contribution in [0.5, 0.6) is 0 Å². The van der Waals surface area contributed by atoms with Crippen molar-refractivity contribution in [2.24, 2.45) is 0 Å². The van der Waals surface area contributed by atoms with Gasteiger partial charge in [-0.25, -0.2) is 9.97 Å². The minimum atomic E-state index is -1.13. The molecule has 142 valence electrons. The zero-order valence-corrected chi connectivity index (χ0v) is 16.0. The summed E-state index contributed by atoms with van der Waals surface area (Å²) in [7, 11) is 0. The standard InChI is InChI=1S/C20H24N4O3/c1-12(2)26-20(25)15(9-21)18-19(24-10-13(3)27-14(4)11-24)23-17-8-6-5-7-16(17)22-18/h5-8,12-15H,10-11H2,1-4H3/t13-,14+,15-/m1/s1. The number of nitrogens with zero attached hydrogens (tertiary/aromatic N) is 4. The molecule has 0 N–H and O–H groups in total. The van der Waals surface area contributed by atoms with Gasteiger partial charge < -0.3 is 14.4 Å². The Kier molecular flexibility index (Phi) is 5.57. The Hall–Kier alpha value is -2.72. The largest absolute Gasteiger partial charge is 0.462 e. The van der Waals surface area contributed by atoms with Gasteiger partial charge in [-0.15, -0.1) is 0 Å². The third-order valence-corrected chi connectivity index (χ3v) is 4.29. The normalized spacial score (nSPS) is 21.1. The molecule has 0 unspecified atom stereocenters. The third-order valence-electron chi connectivity index (χ3n) is 4.29. The number of hydrogen-bond donors (Lipinski definition) is 0. The fraction of sp³-hybridized carbons (Fsp3) is 0.500. The summed E-state index contributed by atoms with van der Waals surface area (Å²) in [5.41, 5.74) is 1.70. The smallest absolute Gasteiger partial charge is 0.329 e. The predicted molar refractivity (Wildman–Crippen MR) is 101 cm³/mol. The molecule has 1 aliphatic heterocycles. The number of ether oxygens (including phenoxy) is 2. The molecule has 3 rings (SSSR count). The number of carbonyl (C=O) groups excluding carboxylic acids is 1. The van der Waals surface area contributed by atoms with Crippen LogP contribution in [0.25, 0.3) is 11.0 Å². The first kappa shape index (κ1) is 19.1.